The standard InChI is InChI=1S/C21H19ClN2O3S2/c1-27-17-4-2-3-15(11-17)12-18-20(26)24(21(28)29-18)10-9-23-19(25)13-14-5-7-16(22)8-6-14/h2-8,11-12H,9-10,13H2,1H3,(H,23,25)/b18-12+. The van der Waals surface area contributed by atoms with Gasteiger partial charge in [-0.25, -0.2) is 0 Å². The molecule has 29 heavy (non-hydrogen) atoms. The number of hydrogen-bond donors (Lipinski definition) is 1. The Morgan fingerprint density at radius 1 is 1.28 bits per heavy atom. The lowest BCUT2D eigenvalue weighted by atomic mass is 10.1. The average Bonchev–Trinajstić information content (AvgIpc) is 2.97. The highest BCUT2D eigenvalue weighted by Crippen LogP contribution is 2.32. The Morgan fingerprint density at radius 3 is 2.76 bits per heavy atom. The summed E-state index contributed by atoms with van der Waals surface area (Å²) in [6.07, 6.45) is 2.05. The van der Waals surface area contributed by atoms with Crippen LogP contribution in [0.2, 0.25) is 5.02 Å². The van der Waals surface area contributed by atoms with Gasteiger partial charge in [-0.15, -0.1) is 0 Å². The molecule has 0 aromatic heterocycles. The normalized spacial score (nSPS) is 15.1. The molecule has 0 saturated carbocycles. The number of carbonyl (C=O) groups is 2. The first-order valence-corrected chi connectivity index (χ1v) is 10.5. The number of nitrogens with zero attached hydrogens (tertiary/aromatic N) is 1. The lowest BCUT2D eigenvalue weighted by Gasteiger charge is -2.14. The average molecular weight is 447 g/mol. The molecule has 8 heteroatoms. The molecule has 0 bridgehead atoms. The van der Waals surface area contributed by atoms with E-state index in [1.165, 1.54) is 16.7 Å². The van der Waals surface area contributed by atoms with Gasteiger partial charge in [-0.1, -0.05) is 59.8 Å². The smallest absolute Gasteiger partial charge is 0.266 e. The molecule has 1 saturated heterocycles. The Bertz CT molecular complexity index is 961. The van der Waals surface area contributed by atoms with E-state index >= 15 is 0 Å². The Kier molecular flexibility index (Phi) is 7.30. The van der Waals surface area contributed by atoms with Crippen molar-refractivity contribution in [1.29, 1.82) is 0 Å². The lowest BCUT2D eigenvalue weighted by Crippen LogP contribution is -2.37. The fraction of sp³-hybridized carbons (Fsp3) is 0.190. The van der Waals surface area contributed by atoms with E-state index in [0.29, 0.717) is 27.3 Å². The first kappa shape index (κ1) is 21.4. The zero-order chi connectivity index (χ0) is 20.8. The molecule has 1 aliphatic rings. The van der Waals surface area contributed by atoms with Crippen LogP contribution in [-0.4, -0.2) is 41.2 Å². The largest absolute Gasteiger partial charge is 0.497 e. The Morgan fingerprint density at radius 2 is 2.03 bits per heavy atom. The molecule has 3 rings (SSSR count). The van der Waals surface area contributed by atoms with Gasteiger partial charge < -0.3 is 10.1 Å². The molecule has 0 aliphatic carbocycles. The van der Waals surface area contributed by atoms with Gasteiger partial charge in [-0.05, 0) is 41.5 Å². The summed E-state index contributed by atoms with van der Waals surface area (Å²) >= 11 is 12.4. The molecule has 0 spiro atoms. The Labute approximate surface area is 184 Å². The quantitative estimate of drug-likeness (QED) is 0.516. The molecule has 0 unspecified atom stereocenters. The monoisotopic (exact) mass is 446 g/mol. The third-order valence-electron chi connectivity index (χ3n) is 4.20. The van der Waals surface area contributed by atoms with Gasteiger partial charge in [0.15, 0.2) is 0 Å². The van der Waals surface area contributed by atoms with Gasteiger partial charge in [0, 0.05) is 18.1 Å². The first-order valence-electron chi connectivity index (χ1n) is 8.87. The maximum Gasteiger partial charge on any atom is 0.266 e. The second-order valence-corrected chi connectivity index (χ2v) is 8.38. The van der Waals surface area contributed by atoms with Gasteiger partial charge in [0.05, 0.1) is 18.4 Å². The highest BCUT2D eigenvalue weighted by atomic mass is 35.5. The van der Waals surface area contributed by atoms with E-state index in [1.54, 1.807) is 25.3 Å². The second-order valence-electron chi connectivity index (χ2n) is 6.26. The number of benzene rings is 2. The molecule has 150 valence electrons. The Hall–Kier alpha value is -2.35. The van der Waals surface area contributed by atoms with Crippen molar-refractivity contribution in [2.24, 2.45) is 0 Å². The summed E-state index contributed by atoms with van der Waals surface area (Å²) in [5.41, 5.74) is 1.74. The molecule has 0 radical (unpaired) electrons. The van der Waals surface area contributed by atoms with Crippen molar-refractivity contribution in [3.63, 3.8) is 0 Å². The summed E-state index contributed by atoms with van der Waals surface area (Å²) in [4.78, 5) is 26.8. The van der Waals surface area contributed by atoms with Gasteiger partial charge in [-0.3, -0.25) is 14.5 Å². The van der Waals surface area contributed by atoms with Crippen LogP contribution in [0.5, 0.6) is 5.75 Å². The molecular formula is C21H19ClN2O3S2. The molecule has 2 amide bonds. The highest BCUT2D eigenvalue weighted by molar-refractivity contribution is 8.26. The molecule has 1 aliphatic heterocycles. The zero-order valence-corrected chi connectivity index (χ0v) is 18.1. The van der Waals surface area contributed by atoms with Crippen LogP contribution in [0.25, 0.3) is 6.08 Å². The van der Waals surface area contributed by atoms with E-state index in [4.69, 9.17) is 28.6 Å². The molecule has 0 atom stereocenters. The maximum absolute atomic E-state index is 12.7. The van der Waals surface area contributed by atoms with Crippen LogP contribution < -0.4 is 10.1 Å². The number of hydrogen-bond acceptors (Lipinski definition) is 5. The highest BCUT2D eigenvalue weighted by Gasteiger charge is 2.31. The first-order chi connectivity index (χ1) is 14.0. The summed E-state index contributed by atoms with van der Waals surface area (Å²) < 4.78 is 5.69. The number of methoxy groups -OCH3 is 1. The number of nitrogens with one attached hydrogen (secondary N) is 1. The minimum atomic E-state index is -0.158. The van der Waals surface area contributed by atoms with Crippen LogP contribution in [0.3, 0.4) is 0 Å². The van der Waals surface area contributed by atoms with Gasteiger partial charge in [0.2, 0.25) is 5.91 Å². The van der Waals surface area contributed by atoms with Crippen LogP contribution in [0.15, 0.2) is 53.4 Å². The topological polar surface area (TPSA) is 58.6 Å². The number of thioether (sulfide) groups is 1. The number of rotatable bonds is 7. The van der Waals surface area contributed by atoms with Gasteiger partial charge in [-0.2, -0.15) is 0 Å². The zero-order valence-electron chi connectivity index (χ0n) is 15.7. The van der Waals surface area contributed by atoms with E-state index in [-0.39, 0.29) is 18.2 Å². The number of thiocarbonyl (C=S) groups is 1. The van der Waals surface area contributed by atoms with Crippen molar-refractivity contribution in [3.05, 3.63) is 69.6 Å². The van der Waals surface area contributed by atoms with Crippen LogP contribution >= 0.6 is 35.6 Å². The predicted octanol–water partition coefficient (Wildman–Crippen LogP) is 3.91. The van der Waals surface area contributed by atoms with Gasteiger partial charge >= 0.3 is 0 Å². The van der Waals surface area contributed by atoms with Crippen molar-refractivity contribution in [2.75, 3.05) is 20.2 Å². The van der Waals surface area contributed by atoms with E-state index in [1.807, 2.05) is 36.4 Å². The van der Waals surface area contributed by atoms with E-state index < -0.39 is 0 Å². The van der Waals surface area contributed by atoms with E-state index in [9.17, 15) is 9.59 Å². The molecule has 1 heterocycles. The van der Waals surface area contributed by atoms with Crippen molar-refractivity contribution in [1.82, 2.24) is 10.2 Å². The maximum atomic E-state index is 12.7. The summed E-state index contributed by atoms with van der Waals surface area (Å²) in [7, 11) is 1.60. The molecule has 1 fully saturated rings. The number of amides is 2. The second kappa shape index (κ2) is 9.91. The fourth-order valence-electron chi connectivity index (χ4n) is 2.73. The summed E-state index contributed by atoms with van der Waals surface area (Å²) in [6.45, 7) is 0.651. The predicted molar refractivity (Wildman–Crippen MR) is 121 cm³/mol. The van der Waals surface area contributed by atoms with Crippen molar-refractivity contribution in [3.8, 4) is 5.75 Å². The van der Waals surface area contributed by atoms with Crippen molar-refractivity contribution in [2.45, 2.75) is 6.42 Å². The van der Waals surface area contributed by atoms with Crippen LogP contribution in [0.1, 0.15) is 11.1 Å². The van der Waals surface area contributed by atoms with E-state index in [0.717, 1.165) is 16.9 Å². The van der Waals surface area contributed by atoms with Crippen LogP contribution in [0.4, 0.5) is 0 Å². The van der Waals surface area contributed by atoms with Crippen LogP contribution in [-0.2, 0) is 16.0 Å². The van der Waals surface area contributed by atoms with Gasteiger partial charge in [0.25, 0.3) is 5.91 Å². The SMILES string of the molecule is COc1cccc(/C=C2/SC(=S)N(CCNC(=O)Cc3ccc(Cl)cc3)C2=O)c1. The molecule has 2 aromatic rings. The van der Waals surface area contributed by atoms with Crippen LogP contribution in [0, 0.1) is 0 Å². The molecule has 2 aromatic carbocycles. The van der Waals surface area contributed by atoms with Crippen molar-refractivity contribution < 1.29 is 14.3 Å². The fourth-order valence-corrected chi connectivity index (χ4v) is 4.17. The lowest BCUT2D eigenvalue weighted by molar-refractivity contribution is -0.123. The minimum absolute atomic E-state index is 0.121. The minimum Gasteiger partial charge on any atom is -0.497 e. The third kappa shape index (κ3) is 5.82. The molecular weight excluding hydrogens is 428 g/mol. The number of ether oxygens (including phenoxy) is 1. The third-order valence-corrected chi connectivity index (χ3v) is 5.83. The van der Waals surface area contributed by atoms with E-state index in [2.05, 4.69) is 5.32 Å². The van der Waals surface area contributed by atoms with Gasteiger partial charge in [0.1, 0.15) is 10.1 Å². The Balaban J connectivity index is 1.54. The summed E-state index contributed by atoms with van der Waals surface area (Å²) in [5.74, 6) is 0.442. The number of carbonyl (C=O) groups excluding carboxylic acids is 2. The summed E-state index contributed by atoms with van der Waals surface area (Å²) in [5, 5.41) is 3.45. The summed E-state index contributed by atoms with van der Waals surface area (Å²) in [6, 6.07) is 14.6. The molecule has 1 N–H and O–H groups in total. The van der Waals surface area contributed by atoms with Crippen molar-refractivity contribution >= 4 is 57.8 Å². The molecule has 5 nitrogen and oxygen atoms in total. The number of halogens is 1.